The van der Waals surface area contributed by atoms with Crippen molar-refractivity contribution in [2.24, 2.45) is 5.92 Å². The van der Waals surface area contributed by atoms with Crippen molar-refractivity contribution in [1.29, 1.82) is 0 Å². The monoisotopic (exact) mass is 475 g/mol. The van der Waals surface area contributed by atoms with Crippen LogP contribution in [0.2, 0.25) is 0 Å². The largest absolute Gasteiger partial charge is 0.508 e. The van der Waals surface area contributed by atoms with E-state index in [9.17, 15) is 5.11 Å². The lowest BCUT2D eigenvalue weighted by molar-refractivity contribution is 0.450. The van der Waals surface area contributed by atoms with Crippen molar-refractivity contribution in [2.75, 3.05) is 11.9 Å². The molecule has 3 rings (SSSR count). The normalized spacial score (nSPS) is 12.3. The van der Waals surface area contributed by atoms with E-state index in [1.54, 1.807) is 6.07 Å². The molecule has 0 aliphatic rings. The first-order chi connectivity index (χ1) is 13.1. The molecule has 0 fully saturated rings. The zero-order valence-corrected chi connectivity index (χ0v) is 18.0. The molecule has 1 atom stereocenters. The summed E-state index contributed by atoms with van der Waals surface area (Å²) in [6.07, 6.45) is 4.24. The summed E-state index contributed by atoms with van der Waals surface area (Å²) in [5.41, 5.74) is 3.84. The zero-order valence-electron chi connectivity index (χ0n) is 15.8. The van der Waals surface area contributed by atoms with E-state index in [0.717, 1.165) is 34.4 Å². The van der Waals surface area contributed by atoms with Crippen molar-refractivity contribution in [3.63, 3.8) is 0 Å². The highest BCUT2D eigenvalue weighted by molar-refractivity contribution is 14.1. The van der Waals surface area contributed by atoms with Crippen LogP contribution in [0.3, 0.4) is 0 Å². The van der Waals surface area contributed by atoms with E-state index < -0.39 is 0 Å². The van der Waals surface area contributed by atoms with Gasteiger partial charge in [-0.05, 0) is 83.9 Å². The number of aromatic nitrogens is 1. The lowest BCUT2D eigenvalue weighted by Crippen LogP contribution is -2.20. The molecule has 3 aromatic rings. The van der Waals surface area contributed by atoms with E-state index in [4.69, 9.17) is 0 Å². The Bertz CT molecular complexity index is 913. The highest BCUT2D eigenvalue weighted by Gasteiger charge is 2.07. The molecular weight excluding hydrogens is 449 g/mol. The third kappa shape index (κ3) is 5.32. The van der Waals surface area contributed by atoms with Gasteiger partial charge in [-0.2, -0.15) is 0 Å². The van der Waals surface area contributed by atoms with Crippen LogP contribution < -0.4 is 10.6 Å². The van der Waals surface area contributed by atoms with E-state index in [1.165, 1.54) is 16.4 Å². The Morgan fingerprint density at radius 1 is 1.15 bits per heavy atom. The average molecular weight is 475 g/mol. The second-order valence-electron chi connectivity index (χ2n) is 7.01. The van der Waals surface area contributed by atoms with Gasteiger partial charge in [-0.1, -0.05) is 20.3 Å². The van der Waals surface area contributed by atoms with Crippen LogP contribution in [-0.2, 0) is 6.54 Å². The highest BCUT2D eigenvalue weighted by atomic mass is 127. The van der Waals surface area contributed by atoms with E-state index in [0.29, 0.717) is 18.2 Å². The lowest BCUT2D eigenvalue weighted by atomic mass is 10.1. The summed E-state index contributed by atoms with van der Waals surface area (Å²) in [6.45, 7) is 6.08. The molecule has 0 bridgehead atoms. The molecule has 3 N–H and O–H groups in total. The van der Waals surface area contributed by atoms with Gasteiger partial charge in [0, 0.05) is 38.6 Å². The van der Waals surface area contributed by atoms with Crippen molar-refractivity contribution in [1.82, 2.24) is 10.3 Å². The summed E-state index contributed by atoms with van der Waals surface area (Å²) < 4.78 is 1.17. The minimum atomic E-state index is 0.324. The number of aromatic hydroxyl groups is 1. The van der Waals surface area contributed by atoms with Crippen LogP contribution in [0.15, 0.2) is 48.7 Å². The maximum absolute atomic E-state index is 10.2. The Hall–Kier alpha value is -1.86. The summed E-state index contributed by atoms with van der Waals surface area (Å²) >= 11 is 2.30. The lowest BCUT2D eigenvalue weighted by Gasteiger charge is -2.14. The molecule has 0 radical (unpaired) electrons. The first-order valence-corrected chi connectivity index (χ1v) is 10.5. The molecule has 1 aromatic heterocycles. The summed E-state index contributed by atoms with van der Waals surface area (Å²) in [7, 11) is 0. The molecule has 2 aromatic carbocycles. The summed E-state index contributed by atoms with van der Waals surface area (Å²) in [5, 5.41) is 18.2. The first-order valence-electron chi connectivity index (χ1n) is 9.40. The molecule has 0 spiro atoms. The Balaban J connectivity index is 1.74. The van der Waals surface area contributed by atoms with Crippen LogP contribution in [0.1, 0.15) is 32.3 Å². The number of nitrogens with one attached hydrogen (secondary N) is 2. The number of phenols is 1. The fraction of sp³-hybridized carbons (Fsp3) is 0.318. The Labute approximate surface area is 174 Å². The van der Waals surface area contributed by atoms with Crippen LogP contribution in [0, 0.1) is 9.49 Å². The van der Waals surface area contributed by atoms with Crippen LogP contribution in [0.4, 0.5) is 11.4 Å². The van der Waals surface area contributed by atoms with E-state index in [-0.39, 0.29) is 0 Å². The molecule has 4 nitrogen and oxygen atoms in total. The summed E-state index contributed by atoms with van der Waals surface area (Å²) in [6, 6.07) is 13.9. The zero-order chi connectivity index (χ0) is 19.2. The minimum Gasteiger partial charge on any atom is -0.508 e. The molecule has 27 heavy (non-hydrogen) atoms. The standard InChI is InChI=1S/C22H26IN3O/c1-3-4-15(2)13-24-14-16-11-18(6-8-22(16)27)26-20-9-10-25-21-12-17(23)5-7-19(20)21/h5-12,15,24,27H,3-4,13-14H2,1-2H3,(H,25,26). The maximum Gasteiger partial charge on any atom is 0.120 e. The van der Waals surface area contributed by atoms with Gasteiger partial charge in [0.05, 0.1) is 5.52 Å². The number of rotatable bonds is 8. The molecule has 0 aliphatic carbocycles. The molecule has 1 heterocycles. The van der Waals surface area contributed by atoms with Gasteiger partial charge in [0.25, 0.3) is 0 Å². The number of anilines is 2. The van der Waals surface area contributed by atoms with Gasteiger partial charge in [-0.3, -0.25) is 4.98 Å². The van der Waals surface area contributed by atoms with E-state index >= 15 is 0 Å². The molecular formula is C22H26IN3O. The number of fused-ring (bicyclic) bond motifs is 1. The number of hydrogen-bond acceptors (Lipinski definition) is 4. The van der Waals surface area contributed by atoms with Crippen molar-refractivity contribution in [2.45, 2.75) is 33.2 Å². The molecule has 1 unspecified atom stereocenters. The second kappa shape index (κ2) is 9.37. The smallest absolute Gasteiger partial charge is 0.120 e. The number of pyridine rings is 1. The Kier molecular flexibility index (Phi) is 6.90. The van der Waals surface area contributed by atoms with Crippen molar-refractivity contribution >= 4 is 44.9 Å². The van der Waals surface area contributed by atoms with Gasteiger partial charge in [-0.15, -0.1) is 0 Å². The summed E-state index contributed by atoms with van der Waals surface area (Å²) in [5.74, 6) is 0.967. The fourth-order valence-electron chi connectivity index (χ4n) is 3.24. The Morgan fingerprint density at radius 2 is 2.00 bits per heavy atom. The van der Waals surface area contributed by atoms with Crippen LogP contribution >= 0.6 is 22.6 Å². The predicted octanol–water partition coefficient (Wildman–Crippen LogP) is 5.81. The molecule has 0 saturated carbocycles. The van der Waals surface area contributed by atoms with Crippen molar-refractivity contribution in [3.05, 3.63) is 57.8 Å². The van der Waals surface area contributed by atoms with Gasteiger partial charge in [0.1, 0.15) is 5.75 Å². The molecule has 5 heteroatoms. The molecule has 0 amide bonds. The van der Waals surface area contributed by atoms with Gasteiger partial charge >= 0.3 is 0 Å². The van der Waals surface area contributed by atoms with Crippen LogP contribution in [-0.4, -0.2) is 16.6 Å². The molecule has 0 saturated heterocycles. The van der Waals surface area contributed by atoms with Gasteiger partial charge in [0.15, 0.2) is 0 Å². The number of benzene rings is 2. The number of halogens is 1. The minimum absolute atomic E-state index is 0.324. The van der Waals surface area contributed by atoms with E-state index in [1.807, 2.05) is 24.4 Å². The van der Waals surface area contributed by atoms with Crippen molar-refractivity contribution < 1.29 is 5.11 Å². The third-order valence-corrected chi connectivity index (χ3v) is 5.32. The predicted molar refractivity (Wildman–Crippen MR) is 122 cm³/mol. The van der Waals surface area contributed by atoms with Crippen LogP contribution in [0.25, 0.3) is 10.9 Å². The average Bonchev–Trinajstić information content (AvgIpc) is 2.64. The van der Waals surface area contributed by atoms with Gasteiger partial charge in [-0.25, -0.2) is 0 Å². The topological polar surface area (TPSA) is 57.2 Å². The second-order valence-corrected chi connectivity index (χ2v) is 8.26. The molecule has 142 valence electrons. The first kappa shape index (κ1) is 19.9. The van der Waals surface area contributed by atoms with Gasteiger partial charge in [0.2, 0.25) is 0 Å². The third-order valence-electron chi connectivity index (χ3n) is 4.65. The number of nitrogens with zero attached hydrogens (tertiary/aromatic N) is 1. The van der Waals surface area contributed by atoms with Gasteiger partial charge < -0.3 is 15.7 Å². The highest BCUT2D eigenvalue weighted by Crippen LogP contribution is 2.28. The Morgan fingerprint density at radius 3 is 2.81 bits per heavy atom. The molecule has 0 aliphatic heterocycles. The van der Waals surface area contributed by atoms with Crippen LogP contribution in [0.5, 0.6) is 5.75 Å². The van der Waals surface area contributed by atoms with E-state index in [2.05, 4.69) is 70.3 Å². The number of phenolic OH excluding ortho intramolecular Hbond substituents is 1. The fourth-order valence-corrected chi connectivity index (χ4v) is 3.71. The quantitative estimate of drug-likeness (QED) is 0.284. The number of hydrogen-bond donors (Lipinski definition) is 3. The maximum atomic E-state index is 10.2. The van der Waals surface area contributed by atoms with Crippen molar-refractivity contribution in [3.8, 4) is 5.75 Å². The summed E-state index contributed by atoms with van der Waals surface area (Å²) in [4.78, 5) is 4.45. The SMILES string of the molecule is CCCC(C)CNCc1cc(Nc2ccnc3cc(I)ccc23)ccc1O.